The summed E-state index contributed by atoms with van der Waals surface area (Å²) in [6.45, 7) is 9.45. The van der Waals surface area contributed by atoms with Crippen LogP contribution >= 0.6 is 23.2 Å². The van der Waals surface area contributed by atoms with Crippen molar-refractivity contribution in [3.8, 4) is 57.1 Å². The van der Waals surface area contributed by atoms with Gasteiger partial charge in [0.05, 0.1) is 68.5 Å². The number of amides is 8. The van der Waals surface area contributed by atoms with E-state index in [1.54, 1.807) is 0 Å². The number of aromatic hydroxyl groups is 3. The highest BCUT2D eigenvalue weighted by molar-refractivity contribution is 6.32. The van der Waals surface area contributed by atoms with Crippen LogP contribution in [-0.2, 0) is 57.4 Å². The zero-order valence-electron chi connectivity index (χ0n) is 72.1. The van der Waals surface area contributed by atoms with E-state index in [0.29, 0.717) is 17.4 Å². The maximum Gasteiger partial charge on any atom is 0.430 e. The van der Waals surface area contributed by atoms with Crippen LogP contribution < -0.4 is 73.3 Å². The average Bonchev–Trinajstić information content (AvgIpc) is 0.763. The highest BCUT2D eigenvalue weighted by atomic mass is 35.5. The molecule has 5 aromatic rings. The summed E-state index contributed by atoms with van der Waals surface area (Å²) < 4.78 is 71.0. The summed E-state index contributed by atoms with van der Waals surface area (Å²) in [5.74, 6) is -17.3. The fourth-order valence-corrected chi connectivity index (χ4v) is 16.3. The summed E-state index contributed by atoms with van der Waals surface area (Å²) in [5, 5.41) is 135. The second-order valence-electron chi connectivity index (χ2n) is 34.1. The molecule has 0 unspecified atom stereocenters. The zero-order chi connectivity index (χ0) is 94.1. The van der Waals surface area contributed by atoms with Gasteiger partial charge < -0.3 is 143 Å². The number of carboxylic acid groups (broad SMARTS) is 1. The Morgan fingerprint density at radius 2 is 1.23 bits per heavy atom. The molecule has 0 saturated carbocycles. The number of likely N-dealkylation sites (N-methyl/N-ethyl adjacent to an activating group) is 1. The molecule has 11 bridgehead atoms. The number of nitrogens with one attached hydrogen (secondary N) is 8. The fraction of sp³-hybridized carbons (Fsp3) is 0.552. The van der Waals surface area contributed by atoms with Gasteiger partial charge in [0.25, 0.3) is 0 Å². The van der Waals surface area contributed by atoms with Crippen molar-refractivity contribution in [2.45, 2.75) is 253 Å². The van der Waals surface area contributed by atoms with Crippen molar-refractivity contribution in [1.29, 1.82) is 0 Å². The largest absolute Gasteiger partial charge is 0.542 e. The number of phenolic OH excluding ortho intramolecular Hbond substituents is 3. The number of hydrogen-bond acceptors (Lipinski definition) is 27. The van der Waals surface area contributed by atoms with Crippen molar-refractivity contribution in [2.75, 3.05) is 47.4 Å². The van der Waals surface area contributed by atoms with Gasteiger partial charge in [0, 0.05) is 42.1 Å². The molecule has 0 aromatic heterocycles. The van der Waals surface area contributed by atoms with Crippen LogP contribution in [-0.4, -0.2) is 236 Å². The Labute approximate surface area is 747 Å². The topological polar surface area (TPSA) is 562 Å². The highest BCUT2D eigenvalue weighted by Gasteiger charge is 2.52. The number of carbonyl (C=O) groups is 9. The predicted molar refractivity (Wildman–Crippen MR) is 453 cm³/mol. The molecule has 7 aliphatic heterocycles. The molecule has 0 spiro atoms. The Balaban J connectivity index is 0.00000253. The molecule has 21 N–H and O–H groups in total. The number of unbranched alkanes of at least 4 members (excludes halogenated alkanes) is 11. The Morgan fingerprint density at radius 1 is 0.680 bits per heavy atom. The van der Waals surface area contributed by atoms with Gasteiger partial charge in [0.1, 0.15) is 101 Å². The molecule has 41 heteroatoms. The number of carbonyl (C=O) groups excluding carboxylic acids is 9. The van der Waals surface area contributed by atoms with E-state index in [4.69, 9.17) is 73.0 Å². The Bertz CT molecular complexity index is 4770. The minimum absolute atomic E-state index is 0.0383. The summed E-state index contributed by atoms with van der Waals surface area (Å²) in [4.78, 5) is 130. The molecule has 0 aliphatic carbocycles. The van der Waals surface area contributed by atoms with Crippen LogP contribution in [0.4, 0.5) is 13.2 Å². The van der Waals surface area contributed by atoms with Crippen LogP contribution in [0.25, 0.3) is 11.1 Å². The molecule has 7 aliphatic rings. The molecular formula is C87H116Cl2F3N11O25. The van der Waals surface area contributed by atoms with E-state index in [1.165, 1.54) is 103 Å². The number of fused-ring (bicyclic) bond motifs is 15. The summed E-state index contributed by atoms with van der Waals surface area (Å²) in [6, 6.07) is 0.735. The first-order valence-electron chi connectivity index (χ1n) is 42.5. The monoisotopic (exact) mass is 1840 g/mol. The fourth-order valence-electron chi connectivity index (χ4n) is 15.8. The lowest BCUT2D eigenvalue weighted by Crippen LogP contribution is -2.64. The van der Waals surface area contributed by atoms with Crippen molar-refractivity contribution in [3.63, 3.8) is 0 Å². The molecule has 704 valence electrons. The van der Waals surface area contributed by atoms with Crippen LogP contribution in [0.3, 0.4) is 0 Å². The Kier molecular flexibility index (Phi) is 35.8. The SMILES string of the molecule is CCCCCCCCCCCCCC[N+](C)(C)CCCNC(=O)[C@H]1NC(=O)[C@H]2NC(=O)[C@H](NC(=O)[C@@H]3NC(=O)[C@H](CC(N)=O)NC(=O)[C@H](NC(=O)[C@@H](CC(C)C)NC)[C@H](O)c4ccc(c(Cl)c4)Oc4cc3cc(c4O[C@@H]3O[C@H](CO)[C@@H](O)[C@H](O)[C@H]3O[C@H]3C[C@](C)(N)[C@H](O)[C@H](C)O3)Oc3ccc(cc3Cl)[C@H]2O)c2ccc(O)c(c2)-c2c(O)cc(O)cc21.O=C([O-])C(F)(F)F. The van der Waals surface area contributed by atoms with Crippen molar-refractivity contribution in [1.82, 2.24) is 42.5 Å². The van der Waals surface area contributed by atoms with Crippen LogP contribution in [0.2, 0.25) is 10.0 Å². The van der Waals surface area contributed by atoms with Gasteiger partial charge in [-0.15, -0.1) is 0 Å². The lowest BCUT2D eigenvalue weighted by atomic mass is 9.86. The molecule has 7 heterocycles. The number of aliphatic carboxylic acids is 1. The van der Waals surface area contributed by atoms with Crippen LogP contribution in [0, 0.1) is 5.92 Å². The van der Waals surface area contributed by atoms with E-state index in [2.05, 4.69) is 63.6 Å². The number of carboxylic acids is 1. The molecule has 0 radical (unpaired) electrons. The normalized spacial score (nSPS) is 25.8. The quantitative estimate of drug-likeness (QED) is 0.0220. The van der Waals surface area contributed by atoms with Gasteiger partial charge in [-0.2, -0.15) is 13.2 Å². The van der Waals surface area contributed by atoms with Crippen LogP contribution in [0.1, 0.15) is 196 Å². The van der Waals surface area contributed by atoms with E-state index in [9.17, 15) is 68.7 Å². The van der Waals surface area contributed by atoms with Crippen LogP contribution in [0.15, 0.2) is 78.9 Å². The predicted octanol–water partition coefficient (Wildman–Crippen LogP) is 4.60. The third-order valence-corrected chi connectivity index (χ3v) is 23.5. The average molecular weight is 1840 g/mol. The summed E-state index contributed by atoms with van der Waals surface area (Å²) >= 11 is 14.4. The van der Waals surface area contributed by atoms with E-state index < -0.39 is 227 Å². The molecule has 2 fully saturated rings. The van der Waals surface area contributed by atoms with Crippen molar-refractivity contribution < 1.29 is 140 Å². The van der Waals surface area contributed by atoms with E-state index >= 15 is 28.8 Å². The second kappa shape index (κ2) is 45.0. The number of rotatable bonds is 30. The first-order valence-corrected chi connectivity index (χ1v) is 43.2. The van der Waals surface area contributed by atoms with Crippen molar-refractivity contribution in [2.24, 2.45) is 17.4 Å². The zero-order valence-corrected chi connectivity index (χ0v) is 73.6. The summed E-state index contributed by atoms with van der Waals surface area (Å²) in [7, 11) is 5.66. The van der Waals surface area contributed by atoms with Gasteiger partial charge in [-0.1, -0.05) is 126 Å². The highest BCUT2D eigenvalue weighted by Crippen LogP contribution is 2.50. The standard InChI is InChI=1S/C85H115Cl2N11O23.C2HF3O2/c1-9-10-11-12-13-14-15-16-17-18-19-20-29-98(7,8)30-21-28-91-79(111)67-50-37-48(100)38-56(102)64(50)49-32-44(22-25-55(49)101)65-80(112)97-69(83(115)95-67)71(105)46-24-27-58(52(87)34-46)118-60-36-47-35-59(74(60)121-84-75(73(107)72(106)61(41-99)119-84)120-63-40-85(5,89)76(108)43(4)116-63)117-57-26-23-45(33-51(57)86)70(104)68(96-77(109)53(90-6)31-42(2)3)82(114)92-54(39-62(88)103)78(110)93-66(47)81(113)94-65;3-2(4,5)1(6)7/h22-27,32-38,42-43,53-54,61,63,65-73,75-76,84,90,99,104-108H,9-21,28-31,39-41,89H2,1-8H3,(H11-,88,91,92,93,94,95,96,97,100,101,102,103,109,110,111,112,113,114,115);(H,6,7)/t43-,53+,54-,61+,63-,65+,66+,67-,68+,69-,70+,71+,72+,73-,75+,76+,84-,85-;/m0./s1. The molecule has 12 rings (SSSR count). The summed E-state index contributed by atoms with van der Waals surface area (Å²) in [6.07, 6.45) is -8.83. The number of ether oxygens (including phenoxy) is 6. The Morgan fingerprint density at radius 3 is 1.79 bits per heavy atom. The summed E-state index contributed by atoms with van der Waals surface area (Å²) in [5.41, 5.74) is 8.82. The van der Waals surface area contributed by atoms with E-state index in [1.807, 2.05) is 13.8 Å². The number of nitrogens with zero attached hydrogens (tertiary/aromatic N) is 1. The lowest BCUT2D eigenvalue weighted by molar-refractivity contribution is -0.890. The molecule has 5 aromatic carbocycles. The van der Waals surface area contributed by atoms with Gasteiger partial charge in [0.15, 0.2) is 23.9 Å². The minimum atomic E-state index is -5.19. The van der Waals surface area contributed by atoms with Gasteiger partial charge >= 0.3 is 6.18 Å². The third kappa shape index (κ3) is 26.4. The van der Waals surface area contributed by atoms with E-state index in [-0.39, 0.29) is 75.2 Å². The molecule has 2 saturated heterocycles. The molecular weight excluding hydrogens is 1730 g/mol. The van der Waals surface area contributed by atoms with Gasteiger partial charge in [0.2, 0.25) is 59.3 Å². The first kappa shape index (κ1) is 102. The number of quaternary nitrogens is 1. The van der Waals surface area contributed by atoms with Gasteiger partial charge in [-0.05, 0) is 128 Å². The maximum atomic E-state index is 16.3. The third-order valence-electron chi connectivity index (χ3n) is 22.9. The smallest absolute Gasteiger partial charge is 0.430 e. The number of primary amides is 1. The molecule has 18 atom stereocenters. The lowest BCUT2D eigenvalue weighted by Gasteiger charge is -2.47. The number of aliphatic hydroxyl groups excluding tert-OH is 6. The van der Waals surface area contributed by atoms with Crippen molar-refractivity contribution >= 4 is 76.4 Å². The molecule has 8 amide bonds. The number of benzene rings is 5. The van der Waals surface area contributed by atoms with E-state index in [0.717, 1.165) is 80.4 Å². The number of phenols is 3. The molecule has 128 heavy (non-hydrogen) atoms. The number of hydrogen-bond donors (Lipinski definition) is 19. The van der Waals surface area contributed by atoms with Gasteiger partial charge in [-0.3, -0.25) is 38.4 Å². The number of nitrogens with two attached hydrogens (primary N) is 2. The number of halogens is 5. The maximum absolute atomic E-state index is 16.3. The number of alkyl halides is 3. The second-order valence-corrected chi connectivity index (χ2v) is 34.9. The van der Waals surface area contributed by atoms with Crippen molar-refractivity contribution in [3.05, 3.63) is 117 Å². The molecule has 36 nitrogen and oxygen atoms in total. The Hall–Kier alpha value is -9.98. The van der Waals surface area contributed by atoms with Gasteiger partial charge in [-0.25, -0.2) is 0 Å². The number of aliphatic hydroxyl groups is 6. The first-order chi connectivity index (χ1) is 60.3. The van der Waals surface area contributed by atoms with Crippen LogP contribution in [0.5, 0.6) is 46.0 Å². The minimum Gasteiger partial charge on any atom is -0.542 e.